The molecule has 2 aliphatic rings. The van der Waals surface area contributed by atoms with E-state index in [0.717, 1.165) is 10.9 Å². The number of rotatable bonds is 7. The Hall–Kier alpha value is -3.58. The third-order valence-corrected chi connectivity index (χ3v) is 6.58. The Morgan fingerprint density at radius 1 is 1.33 bits per heavy atom. The average molecular weight is 496 g/mol. The quantitative estimate of drug-likeness (QED) is 0.538. The second-order valence-electron chi connectivity index (χ2n) is 10.4. The number of carbonyl (C=O) groups is 3. The molecule has 192 valence electrons. The number of aromatic nitrogens is 1. The van der Waals surface area contributed by atoms with E-state index >= 15 is 0 Å². The third kappa shape index (κ3) is 5.46. The summed E-state index contributed by atoms with van der Waals surface area (Å²) in [5.74, 6) is -0.538. The van der Waals surface area contributed by atoms with Crippen molar-refractivity contribution in [2.45, 2.75) is 63.8 Å². The summed E-state index contributed by atoms with van der Waals surface area (Å²) in [7, 11) is 1.57. The summed E-state index contributed by atoms with van der Waals surface area (Å²) in [4.78, 5) is 43.6. The third-order valence-electron chi connectivity index (χ3n) is 6.58. The van der Waals surface area contributed by atoms with Crippen LogP contribution >= 0.6 is 0 Å². The van der Waals surface area contributed by atoms with Gasteiger partial charge in [-0.05, 0) is 51.8 Å². The van der Waals surface area contributed by atoms with Gasteiger partial charge in [-0.25, -0.2) is 0 Å². The highest BCUT2D eigenvalue weighted by molar-refractivity contribution is 6.01. The molecule has 4 atom stereocenters. The zero-order valence-corrected chi connectivity index (χ0v) is 21.1. The lowest BCUT2D eigenvalue weighted by Crippen LogP contribution is -2.49. The van der Waals surface area contributed by atoms with Crippen LogP contribution in [0.25, 0.3) is 10.9 Å². The van der Waals surface area contributed by atoms with E-state index in [9.17, 15) is 19.6 Å². The van der Waals surface area contributed by atoms with Gasteiger partial charge in [0.1, 0.15) is 23.5 Å². The Bertz CT molecular complexity index is 1190. The van der Waals surface area contributed by atoms with Gasteiger partial charge in [-0.2, -0.15) is 5.26 Å². The second kappa shape index (κ2) is 10.2. The number of benzene rings is 1. The molecule has 36 heavy (non-hydrogen) atoms. The standard InChI is InChI=1S/C26H33N5O5/c1-26(2,3)36-17-11-21(24(33)29-16(13-27)10-15-8-9-28-23(15)32)31(14-17)25(34)20-12-18-19(30-20)6-5-7-22(18)35-4/h5-7,12,15-17,21,30H,8-11,14H2,1-4H3,(H,28,32)(H,29,33)/t15?,16-,17+,21-/m0/s1. The van der Waals surface area contributed by atoms with Gasteiger partial charge in [-0.15, -0.1) is 0 Å². The van der Waals surface area contributed by atoms with E-state index in [-0.39, 0.29) is 36.8 Å². The van der Waals surface area contributed by atoms with Crippen molar-refractivity contribution < 1.29 is 23.9 Å². The molecule has 2 aromatic rings. The predicted octanol–water partition coefficient (Wildman–Crippen LogP) is 2.11. The number of nitrogens with one attached hydrogen (secondary N) is 3. The molecule has 1 aromatic heterocycles. The zero-order chi connectivity index (χ0) is 26.0. The largest absolute Gasteiger partial charge is 0.496 e. The molecular formula is C26H33N5O5. The summed E-state index contributed by atoms with van der Waals surface area (Å²) in [6.45, 7) is 6.59. The maximum atomic E-state index is 13.6. The number of nitrogens with zero attached hydrogens (tertiary/aromatic N) is 2. The minimum Gasteiger partial charge on any atom is -0.496 e. The maximum Gasteiger partial charge on any atom is 0.271 e. The van der Waals surface area contributed by atoms with Crippen molar-refractivity contribution in [3.8, 4) is 11.8 Å². The molecule has 0 aliphatic carbocycles. The van der Waals surface area contributed by atoms with Crippen molar-refractivity contribution in [1.29, 1.82) is 5.26 Å². The fourth-order valence-electron chi connectivity index (χ4n) is 5.00. The van der Waals surface area contributed by atoms with Gasteiger partial charge in [0.2, 0.25) is 11.8 Å². The number of ether oxygens (including phenoxy) is 2. The minimum atomic E-state index is -0.830. The number of aromatic amines is 1. The Labute approximate surface area is 210 Å². The molecule has 0 spiro atoms. The first-order valence-corrected chi connectivity index (χ1v) is 12.2. The highest BCUT2D eigenvalue weighted by Crippen LogP contribution is 2.30. The van der Waals surface area contributed by atoms with Crippen LogP contribution < -0.4 is 15.4 Å². The van der Waals surface area contributed by atoms with Gasteiger partial charge in [-0.1, -0.05) is 6.07 Å². The zero-order valence-electron chi connectivity index (χ0n) is 21.1. The predicted molar refractivity (Wildman–Crippen MR) is 132 cm³/mol. The van der Waals surface area contributed by atoms with E-state index in [4.69, 9.17) is 9.47 Å². The molecule has 0 saturated carbocycles. The molecule has 3 N–H and O–H groups in total. The van der Waals surface area contributed by atoms with Crippen LogP contribution in [-0.4, -0.2) is 71.6 Å². The molecule has 1 aromatic carbocycles. The van der Waals surface area contributed by atoms with E-state index in [0.29, 0.717) is 30.8 Å². The van der Waals surface area contributed by atoms with Gasteiger partial charge in [0.05, 0.1) is 24.9 Å². The molecule has 10 heteroatoms. The number of hydrogen-bond acceptors (Lipinski definition) is 6. The van der Waals surface area contributed by atoms with E-state index in [2.05, 4.69) is 21.7 Å². The Morgan fingerprint density at radius 3 is 2.75 bits per heavy atom. The van der Waals surface area contributed by atoms with Gasteiger partial charge in [-0.3, -0.25) is 14.4 Å². The number of H-pyrrole nitrogens is 1. The number of carbonyl (C=O) groups excluding carboxylic acids is 3. The van der Waals surface area contributed by atoms with Gasteiger partial charge < -0.3 is 30.0 Å². The van der Waals surface area contributed by atoms with E-state index < -0.39 is 23.6 Å². The van der Waals surface area contributed by atoms with Crippen LogP contribution in [0.15, 0.2) is 24.3 Å². The first-order chi connectivity index (χ1) is 17.1. The lowest BCUT2D eigenvalue weighted by Gasteiger charge is -2.25. The normalized spacial score (nSPS) is 22.8. The SMILES string of the molecule is COc1cccc2[nH]c(C(=O)N3C[C@H](OC(C)(C)C)C[C@H]3C(=O)N[C@H](C#N)CC3CCNC3=O)cc12. The maximum absolute atomic E-state index is 13.6. The number of likely N-dealkylation sites (tertiary alicyclic amines) is 1. The van der Waals surface area contributed by atoms with Crippen molar-refractivity contribution in [3.63, 3.8) is 0 Å². The molecule has 4 rings (SSSR count). The first kappa shape index (κ1) is 25.5. The van der Waals surface area contributed by atoms with Crippen LogP contribution in [0.3, 0.4) is 0 Å². The van der Waals surface area contributed by atoms with Gasteiger partial charge in [0.25, 0.3) is 5.91 Å². The van der Waals surface area contributed by atoms with E-state index in [1.54, 1.807) is 13.2 Å². The second-order valence-corrected chi connectivity index (χ2v) is 10.4. The fourth-order valence-corrected chi connectivity index (χ4v) is 5.00. The summed E-state index contributed by atoms with van der Waals surface area (Å²) >= 11 is 0. The fraction of sp³-hybridized carbons (Fsp3) is 0.538. The smallest absolute Gasteiger partial charge is 0.271 e. The molecule has 3 heterocycles. The monoisotopic (exact) mass is 495 g/mol. The van der Waals surface area contributed by atoms with Gasteiger partial charge in [0.15, 0.2) is 0 Å². The van der Waals surface area contributed by atoms with Crippen LogP contribution in [0.1, 0.15) is 50.5 Å². The number of amides is 3. The van der Waals surface area contributed by atoms with Crippen LogP contribution in [0, 0.1) is 17.2 Å². The average Bonchev–Trinajstić information content (AvgIpc) is 3.55. The van der Waals surface area contributed by atoms with Crippen molar-refractivity contribution in [1.82, 2.24) is 20.5 Å². The van der Waals surface area contributed by atoms with Crippen molar-refractivity contribution in [3.05, 3.63) is 30.0 Å². The lowest BCUT2D eigenvalue weighted by atomic mass is 9.98. The highest BCUT2D eigenvalue weighted by atomic mass is 16.5. The summed E-state index contributed by atoms with van der Waals surface area (Å²) in [6.07, 6.45) is 0.829. The topological polar surface area (TPSA) is 137 Å². The van der Waals surface area contributed by atoms with Gasteiger partial charge in [0, 0.05) is 36.3 Å². The van der Waals surface area contributed by atoms with E-state index in [1.807, 2.05) is 39.0 Å². The molecular weight excluding hydrogens is 462 g/mol. The molecule has 2 aliphatic heterocycles. The van der Waals surface area contributed by atoms with Crippen LogP contribution in [0.5, 0.6) is 5.75 Å². The molecule has 3 amide bonds. The summed E-state index contributed by atoms with van der Waals surface area (Å²) < 4.78 is 11.5. The molecule has 10 nitrogen and oxygen atoms in total. The van der Waals surface area contributed by atoms with Crippen LogP contribution in [0.2, 0.25) is 0 Å². The summed E-state index contributed by atoms with van der Waals surface area (Å²) in [5, 5.41) is 15.9. The minimum absolute atomic E-state index is 0.102. The van der Waals surface area contributed by atoms with Crippen molar-refractivity contribution >= 4 is 28.6 Å². The highest BCUT2D eigenvalue weighted by Gasteiger charge is 2.43. The van der Waals surface area contributed by atoms with Crippen molar-refractivity contribution in [2.24, 2.45) is 5.92 Å². The Morgan fingerprint density at radius 2 is 2.11 bits per heavy atom. The number of hydrogen-bond donors (Lipinski definition) is 3. The van der Waals surface area contributed by atoms with E-state index in [1.165, 1.54) is 4.90 Å². The Balaban J connectivity index is 1.55. The van der Waals surface area contributed by atoms with Gasteiger partial charge >= 0.3 is 0 Å². The number of methoxy groups -OCH3 is 1. The molecule has 1 unspecified atom stereocenters. The summed E-state index contributed by atoms with van der Waals surface area (Å²) in [6, 6.07) is 7.67. The first-order valence-electron chi connectivity index (χ1n) is 12.2. The molecule has 0 radical (unpaired) electrons. The lowest BCUT2D eigenvalue weighted by molar-refractivity contribution is -0.126. The van der Waals surface area contributed by atoms with Crippen LogP contribution in [0.4, 0.5) is 0 Å². The number of nitriles is 1. The molecule has 2 saturated heterocycles. The Kier molecular flexibility index (Phi) is 7.22. The number of fused-ring (bicyclic) bond motifs is 1. The molecule has 0 bridgehead atoms. The van der Waals surface area contributed by atoms with Crippen molar-refractivity contribution in [2.75, 3.05) is 20.2 Å². The van der Waals surface area contributed by atoms with Crippen LogP contribution in [-0.2, 0) is 14.3 Å². The summed E-state index contributed by atoms with van der Waals surface area (Å²) in [5.41, 5.74) is 0.632. The molecule has 2 fully saturated rings.